The molecule has 3 rings (SSSR count). The van der Waals surface area contributed by atoms with Crippen molar-refractivity contribution in [2.75, 3.05) is 10.6 Å². The molecule has 0 bridgehead atoms. The fourth-order valence-corrected chi connectivity index (χ4v) is 2.17. The number of hydrogen-bond donors (Lipinski definition) is 2. The number of nitrogens with one attached hydrogen (secondary N) is 2. The van der Waals surface area contributed by atoms with Gasteiger partial charge in [-0.15, -0.1) is 0 Å². The molecule has 112 valence electrons. The maximum atomic E-state index is 12.1. The number of fused-ring (bicyclic) bond motifs is 1. The number of rotatable bonds is 4. The van der Waals surface area contributed by atoms with E-state index in [2.05, 4.69) is 15.4 Å². The van der Waals surface area contributed by atoms with Crippen LogP contribution < -0.4 is 15.4 Å². The molecule has 4 nitrogen and oxygen atoms in total. The van der Waals surface area contributed by atoms with Crippen molar-refractivity contribution in [1.82, 2.24) is 0 Å². The van der Waals surface area contributed by atoms with E-state index in [1.165, 1.54) is 12.1 Å². The van der Waals surface area contributed by atoms with Crippen molar-refractivity contribution in [3.63, 3.8) is 0 Å². The first kappa shape index (κ1) is 14.1. The van der Waals surface area contributed by atoms with Crippen molar-refractivity contribution in [1.29, 1.82) is 0 Å². The highest BCUT2D eigenvalue weighted by molar-refractivity contribution is 6.31. The Bertz CT molecular complexity index is 727. The summed E-state index contributed by atoms with van der Waals surface area (Å²) >= 11 is 0. The molecule has 0 fully saturated rings. The standard InChI is InChI=1S/C16H12F2N2O2/c17-16(18)22-11-7-5-10(6-8-11)19-9-13-12-3-1-2-4-14(12)20-15(13)21/h1-9,16,19H,(H,20,21)/b13-9-. The molecule has 2 N–H and O–H groups in total. The first-order valence-corrected chi connectivity index (χ1v) is 6.56. The van der Waals surface area contributed by atoms with Gasteiger partial charge >= 0.3 is 6.61 Å². The summed E-state index contributed by atoms with van der Waals surface area (Å²) in [7, 11) is 0. The number of para-hydroxylation sites is 1. The molecule has 1 aliphatic heterocycles. The van der Waals surface area contributed by atoms with E-state index >= 15 is 0 Å². The summed E-state index contributed by atoms with van der Waals surface area (Å²) in [5, 5.41) is 5.74. The second-order valence-electron chi connectivity index (χ2n) is 4.60. The second kappa shape index (κ2) is 5.85. The number of carbonyl (C=O) groups is 1. The average Bonchev–Trinajstić information content (AvgIpc) is 2.81. The Hall–Kier alpha value is -2.89. The monoisotopic (exact) mass is 302 g/mol. The third-order valence-electron chi connectivity index (χ3n) is 3.17. The van der Waals surface area contributed by atoms with E-state index in [1.807, 2.05) is 24.3 Å². The number of hydrogen-bond acceptors (Lipinski definition) is 3. The molecular weight excluding hydrogens is 290 g/mol. The van der Waals surface area contributed by atoms with E-state index in [-0.39, 0.29) is 11.7 Å². The molecule has 0 aliphatic carbocycles. The Morgan fingerprint density at radius 3 is 2.55 bits per heavy atom. The number of halogens is 2. The molecular formula is C16H12F2N2O2. The van der Waals surface area contributed by atoms with Gasteiger partial charge in [-0.3, -0.25) is 4.79 Å². The quantitative estimate of drug-likeness (QED) is 0.847. The van der Waals surface area contributed by atoms with Gasteiger partial charge in [0.2, 0.25) is 0 Å². The number of anilines is 2. The van der Waals surface area contributed by atoms with Crippen molar-refractivity contribution in [2.24, 2.45) is 0 Å². The minimum atomic E-state index is -2.85. The van der Waals surface area contributed by atoms with Crippen molar-refractivity contribution in [2.45, 2.75) is 6.61 Å². The maximum Gasteiger partial charge on any atom is 0.387 e. The van der Waals surface area contributed by atoms with Gasteiger partial charge in [-0.2, -0.15) is 8.78 Å². The van der Waals surface area contributed by atoms with Gasteiger partial charge in [-0.1, -0.05) is 18.2 Å². The molecule has 0 saturated heterocycles. The van der Waals surface area contributed by atoms with Crippen LogP contribution in [-0.2, 0) is 4.79 Å². The topological polar surface area (TPSA) is 50.4 Å². The molecule has 0 radical (unpaired) electrons. The Balaban J connectivity index is 1.75. The Kier molecular flexibility index (Phi) is 3.74. The highest BCUT2D eigenvalue weighted by Gasteiger charge is 2.23. The van der Waals surface area contributed by atoms with Gasteiger partial charge in [0.25, 0.3) is 5.91 Å². The third-order valence-corrected chi connectivity index (χ3v) is 3.17. The van der Waals surface area contributed by atoms with Crippen LogP contribution in [0.5, 0.6) is 5.75 Å². The van der Waals surface area contributed by atoms with Gasteiger partial charge in [0.05, 0.1) is 5.57 Å². The fraction of sp³-hybridized carbons (Fsp3) is 0.0625. The van der Waals surface area contributed by atoms with Crippen LogP contribution in [0.2, 0.25) is 0 Å². The molecule has 1 amide bonds. The summed E-state index contributed by atoms with van der Waals surface area (Å²) in [5.41, 5.74) is 2.76. The van der Waals surface area contributed by atoms with Crippen molar-refractivity contribution in [3.8, 4) is 5.75 Å². The first-order valence-electron chi connectivity index (χ1n) is 6.56. The largest absolute Gasteiger partial charge is 0.435 e. The zero-order valence-corrected chi connectivity index (χ0v) is 11.3. The zero-order valence-electron chi connectivity index (χ0n) is 11.3. The van der Waals surface area contributed by atoms with Crippen LogP contribution in [0.25, 0.3) is 5.57 Å². The minimum absolute atomic E-state index is 0.0807. The molecule has 0 atom stereocenters. The van der Waals surface area contributed by atoms with E-state index in [4.69, 9.17) is 0 Å². The van der Waals surface area contributed by atoms with Crippen molar-refractivity contribution >= 4 is 22.9 Å². The van der Waals surface area contributed by atoms with Gasteiger partial charge < -0.3 is 15.4 Å². The lowest BCUT2D eigenvalue weighted by Crippen LogP contribution is -2.05. The minimum Gasteiger partial charge on any atom is -0.435 e. The fourth-order valence-electron chi connectivity index (χ4n) is 2.17. The van der Waals surface area contributed by atoms with Crippen LogP contribution in [-0.4, -0.2) is 12.5 Å². The molecule has 0 spiro atoms. The smallest absolute Gasteiger partial charge is 0.387 e. The maximum absolute atomic E-state index is 12.1. The molecule has 0 aromatic heterocycles. The summed E-state index contributed by atoms with van der Waals surface area (Å²) in [6, 6.07) is 13.4. The van der Waals surface area contributed by atoms with Crippen LogP contribution in [0.3, 0.4) is 0 Å². The molecule has 2 aromatic rings. The summed E-state index contributed by atoms with van der Waals surface area (Å²) in [6.45, 7) is -2.85. The van der Waals surface area contributed by atoms with E-state index < -0.39 is 6.61 Å². The second-order valence-corrected chi connectivity index (χ2v) is 4.60. The van der Waals surface area contributed by atoms with Crippen LogP contribution in [0.4, 0.5) is 20.2 Å². The normalized spacial score (nSPS) is 14.9. The average molecular weight is 302 g/mol. The van der Waals surface area contributed by atoms with Crippen LogP contribution >= 0.6 is 0 Å². The lowest BCUT2D eigenvalue weighted by molar-refractivity contribution is -0.110. The summed E-state index contributed by atoms with van der Waals surface area (Å²) in [5.74, 6) is -0.108. The lowest BCUT2D eigenvalue weighted by Gasteiger charge is -2.06. The Morgan fingerprint density at radius 1 is 1.09 bits per heavy atom. The zero-order chi connectivity index (χ0) is 15.5. The molecule has 6 heteroatoms. The van der Waals surface area contributed by atoms with Crippen LogP contribution in [0.15, 0.2) is 54.7 Å². The molecule has 1 aliphatic rings. The highest BCUT2D eigenvalue weighted by atomic mass is 19.3. The van der Waals surface area contributed by atoms with Gasteiger partial charge in [-0.25, -0.2) is 0 Å². The van der Waals surface area contributed by atoms with Crippen LogP contribution in [0.1, 0.15) is 5.56 Å². The number of ether oxygens (including phenoxy) is 1. The van der Waals surface area contributed by atoms with E-state index in [1.54, 1.807) is 18.3 Å². The molecule has 0 unspecified atom stereocenters. The van der Waals surface area contributed by atoms with Gasteiger partial charge in [0.15, 0.2) is 0 Å². The van der Waals surface area contributed by atoms with E-state index in [0.29, 0.717) is 11.3 Å². The SMILES string of the molecule is O=C1Nc2ccccc2/C1=C/Nc1ccc(OC(F)F)cc1. The van der Waals surface area contributed by atoms with Gasteiger partial charge in [0.1, 0.15) is 5.75 Å². The summed E-state index contributed by atoms with van der Waals surface area (Å²) in [6.07, 6.45) is 1.59. The molecule has 22 heavy (non-hydrogen) atoms. The number of carbonyl (C=O) groups excluding carboxylic acids is 1. The Morgan fingerprint density at radius 2 is 1.82 bits per heavy atom. The van der Waals surface area contributed by atoms with E-state index in [9.17, 15) is 13.6 Å². The van der Waals surface area contributed by atoms with Gasteiger partial charge in [-0.05, 0) is 30.3 Å². The third kappa shape index (κ3) is 2.90. The van der Waals surface area contributed by atoms with Crippen molar-refractivity contribution < 1.29 is 18.3 Å². The number of alkyl halides is 2. The van der Waals surface area contributed by atoms with Crippen LogP contribution in [0, 0.1) is 0 Å². The Labute approximate surface area is 125 Å². The number of benzene rings is 2. The predicted octanol–water partition coefficient (Wildman–Crippen LogP) is 3.69. The first-order chi connectivity index (χ1) is 10.6. The lowest BCUT2D eigenvalue weighted by atomic mass is 10.1. The predicted molar refractivity (Wildman–Crippen MR) is 79.7 cm³/mol. The molecule has 2 aromatic carbocycles. The van der Waals surface area contributed by atoms with Crippen molar-refractivity contribution in [3.05, 3.63) is 60.3 Å². The molecule has 0 saturated carbocycles. The number of amides is 1. The summed E-state index contributed by atoms with van der Waals surface area (Å²) in [4.78, 5) is 11.9. The molecule has 1 heterocycles. The summed E-state index contributed by atoms with van der Waals surface area (Å²) < 4.78 is 28.4. The highest BCUT2D eigenvalue weighted by Crippen LogP contribution is 2.31. The van der Waals surface area contributed by atoms with Gasteiger partial charge in [0, 0.05) is 23.1 Å². The van der Waals surface area contributed by atoms with E-state index in [0.717, 1.165) is 11.3 Å².